The number of amides is 1. The van der Waals surface area contributed by atoms with Crippen LogP contribution in [0.1, 0.15) is 51.9 Å². The van der Waals surface area contributed by atoms with E-state index in [1.807, 2.05) is 4.90 Å². The molecule has 30 heavy (non-hydrogen) atoms. The molecule has 2 N–H and O–H groups in total. The maximum Gasteiger partial charge on any atom is 0.222 e. The summed E-state index contributed by atoms with van der Waals surface area (Å²) in [4.78, 5) is 21.0. The van der Waals surface area contributed by atoms with Crippen molar-refractivity contribution in [3.63, 3.8) is 0 Å². The van der Waals surface area contributed by atoms with Crippen LogP contribution in [0.3, 0.4) is 0 Å². The molecule has 1 aromatic carbocycles. The zero-order chi connectivity index (χ0) is 20.7. The number of guanidine groups is 1. The molecule has 0 aromatic heterocycles. The number of nitrogens with zero attached hydrogens (tertiary/aromatic N) is 3. The Morgan fingerprint density at radius 2 is 1.90 bits per heavy atom. The first kappa shape index (κ1) is 26.5. The first-order chi connectivity index (χ1) is 14.2. The van der Waals surface area contributed by atoms with Gasteiger partial charge >= 0.3 is 0 Å². The Hall–Kier alpha value is -1.51. The first-order valence-corrected chi connectivity index (χ1v) is 11.3. The molecule has 0 bridgehead atoms. The summed E-state index contributed by atoms with van der Waals surface area (Å²) in [6.45, 7) is 7.39. The van der Waals surface area contributed by atoms with Crippen molar-refractivity contribution >= 4 is 41.5 Å². The highest BCUT2D eigenvalue weighted by Crippen LogP contribution is 2.12. The van der Waals surface area contributed by atoms with Crippen LogP contribution < -0.4 is 15.5 Å². The number of nitrogens with one attached hydrogen (secondary N) is 2. The smallest absolute Gasteiger partial charge is 0.222 e. The van der Waals surface area contributed by atoms with Crippen molar-refractivity contribution in [3.8, 4) is 0 Å². The third kappa shape index (κ3) is 10.5. The lowest BCUT2D eigenvalue weighted by atomic mass is 10.2. The lowest BCUT2D eigenvalue weighted by Gasteiger charge is -2.20. The summed E-state index contributed by atoms with van der Waals surface area (Å²) in [5, 5.41) is 6.74. The van der Waals surface area contributed by atoms with Crippen molar-refractivity contribution in [1.82, 2.24) is 15.5 Å². The molecule has 0 atom stereocenters. The van der Waals surface area contributed by atoms with Gasteiger partial charge in [0.25, 0.3) is 0 Å². The second-order valence-corrected chi connectivity index (χ2v) is 7.70. The van der Waals surface area contributed by atoms with E-state index >= 15 is 0 Å². The van der Waals surface area contributed by atoms with E-state index in [4.69, 9.17) is 0 Å². The third-order valence-corrected chi connectivity index (χ3v) is 5.28. The fourth-order valence-corrected chi connectivity index (χ4v) is 3.56. The Morgan fingerprint density at radius 1 is 1.10 bits per heavy atom. The van der Waals surface area contributed by atoms with E-state index in [1.54, 1.807) is 0 Å². The monoisotopic (exact) mass is 529 g/mol. The van der Waals surface area contributed by atoms with Gasteiger partial charge in [0.1, 0.15) is 0 Å². The third-order valence-electron chi connectivity index (χ3n) is 5.28. The minimum atomic E-state index is 0. The van der Waals surface area contributed by atoms with Gasteiger partial charge in [-0.05, 0) is 51.2 Å². The molecule has 1 aliphatic rings. The normalized spacial score (nSPS) is 14.7. The molecule has 1 saturated heterocycles. The number of halogens is 1. The van der Waals surface area contributed by atoms with Crippen molar-refractivity contribution in [2.45, 2.75) is 51.9 Å². The van der Waals surface area contributed by atoms with Gasteiger partial charge in [-0.15, -0.1) is 24.0 Å². The quantitative estimate of drug-likeness (QED) is 0.198. The van der Waals surface area contributed by atoms with Crippen molar-refractivity contribution in [2.24, 2.45) is 4.99 Å². The van der Waals surface area contributed by atoms with E-state index in [9.17, 15) is 4.79 Å². The highest BCUT2D eigenvalue weighted by molar-refractivity contribution is 14.0. The molecule has 0 spiro atoms. The molecular formula is C23H40IN5O. The van der Waals surface area contributed by atoms with Gasteiger partial charge in [0.15, 0.2) is 5.96 Å². The lowest BCUT2D eigenvalue weighted by Crippen LogP contribution is -2.38. The largest absolute Gasteiger partial charge is 0.375 e. The zero-order valence-corrected chi connectivity index (χ0v) is 21.1. The Labute approximate surface area is 199 Å². The number of unbranched alkanes of at least 4 members (excludes halogenated alkanes) is 1. The number of likely N-dealkylation sites (tertiary alicyclic amines) is 1. The van der Waals surface area contributed by atoms with Crippen LogP contribution in [0.4, 0.5) is 5.69 Å². The van der Waals surface area contributed by atoms with Crippen molar-refractivity contribution in [3.05, 3.63) is 30.3 Å². The molecule has 170 valence electrons. The fraction of sp³-hybridized carbons (Fsp3) is 0.652. The molecule has 6 nitrogen and oxygen atoms in total. The van der Waals surface area contributed by atoms with Crippen molar-refractivity contribution in [1.29, 1.82) is 0 Å². The molecule has 1 aromatic rings. The van der Waals surface area contributed by atoms with Crippen LogP contribution in [0.25, 0.3) is 0 Å². The number of anilines is 1. The Morgan fingerprint density at radius 3 is 2.67 bits per heavy atom. The van der Waals surface area contributed by atoms with Crippen LogP contribution in [0.2, 0.25) is 0 Å². The van der Waals surface area contributed by atoms with Crippen LogP contribution >= 0.6 is 24.0 Å². The number of rotatable bonds is 11. The molecule has 0 unspecified atom stereocenters. The molecule has 0 saturated carbocycles. The molecule has 0 radical (unpaired) electrons. The molecule has 1 heterocycles. The lowest BCUT2D eigenvalue weighted by molar-refractivity contribution is -0.130. The number of carbonyl (C=O) groups excluding carboxylic acids is 1. The summed E-state index contributed by atoms with van der Waals surface area (Å²) in [6.07, 6.45) is 7.23. The summed E-state index contributed by atoms with van der Waals surface area (Å²) in [5.41, 5.74) is 1.26. The molecule has 0 aliphatic carbocycles. The first-order valence-electron chi connectivity index (χ1n) is 11.3. The van der Waals surface area contributed by atoms with Gasteiger partial charge in [-0.2, -0.15) is 0 Å². The number of benzene rings is 1. The number of para-hydroxylation sites is 1. The van der Waals surface area contributed by atoms with Crippen molar-refractivity contribution in [2.75, 3.05) is 51.2 Å². The van der Waals surface area contributed by atoms with Gasteiger partial charge < -0.3 is 20.4 Å². The molecule has 1 amide bonds. The topological polar surface area (TPSA) is 60.0 Å². The second kappa shape index (κ2) is 16.2. The Balaban J connectivity index is 0.00000450. The maximum atomic E-state index is 12.0. The van der Waals surface area contributed by atoms with Crippen LogP contribution in [0, 0.1) is 0 Å². The predicted octanol–water partition coefficient (Wildman–Crippen LogP) is 3.87. The zero-order valence-electron chi connectivity index (χ0n) is 18.7. The van der Waals surface area contributed by atoms with Gasteiger partial charge in [-0.25, -0.2) is 0 Å². The summed E-state index contributed by atoms with van der Waals surface area (Å²) >= 11 is 0. The van der Waals surface area contributed by atoms with E-state index in [0.29, 0.717) is 12.3 Å². The van der Waals surface area contributed by atoms with Gasteiger partial charge in [0.2, 0.25) is 5.91 Å². The molecule has 2 rings (SSSR count). The summed E-state index contributed by atoms with van der Waals surface area (Å²) < 4.78 is 0. The molecule has 7 heteroatoms. The number of hydrogen-bond acceptors (Lipinski definition) is 3. The highest BCUT2D eigenvalue weighted by atomic mass is 127. The van der Waals surface area contributed by atoms with Crippen molar-refractivity contribution < 1.29 is 4.79 Å². The van der Waals surface area contributed by atoms with E-state index in [0.717, 1.165) is 77.3 Å². The fourth-order valence-electron chi connectivity index (χ4n) is 3.56. The van der Waals surface area contributed by atoms with Gasteiger partial charge in [-0.1, -0.05) is 24.6 Å². The van der Waals surface area contributed by atoms with Crippen LogP contribution in [-0.4, -0.2) is 63.1 Å². The second-order valence-electron chi connectivity index (χ2n) is 7.70. The Kier molecular flexibility index (Phi) is 14.3. The van der Waals surface area contributed by atoms with E-state index in [2.05, 4.69) is 64.8 Å². The summed E-state index contributed by atoms with van der Waals surface area (Å²) in [7, 11) is 2.14. The van der Waals surface area contributed by atoms with Crippen LogP contribution in [0.15, 0.2) is 35.3 Å². The minimum Gasteiger partial charge on any atom is -0.375 e. The maximum absolute atomic E-state index is 12.0. The van der Waals surface area contributed by atoms with Gasteiger partial charge in [0, 0.05) is 58.4 Å². The van der Waals surface area contributed by atoms with E-state index in [1.165, 1.54) is 12.1 Å². The SMILES string of the molecule is CCNC(=NCCCN1CCCCCC1=O)NCCCCN(C)c1ccccc1.I. The van der Waals surface area contributed by atoms with Crippen LogP contribution in [0.5, 0.6) is 0 Å². The standard InChI is InChI=1S/C23H39N5O.HI/c1-3-24-23(26-17-12-20-28-19-10-5-8-15-22(28)29)25-16-9-11-18-27(2)21-13-6-4-7-14-21;/h4,6-7,13-14H,3,5,8-12,15-20H2,1-2H3,(H2,24,25,26);1H. The molecule has 1 aliphatic heterocycles. The minimum absolute atomic E-state index is 0. The molecular weight excluding hydrogens is 489 g/mol. The average molecular weight is 530 g/mol. The number of carbonyl (C=O) groups is 1. The summed E-state index contributed by atoms with van der Waals surface area (Å²) in [6, 6.07) is 10.5. The summed E-state index contributed by atoms with van der Waals surface area (Å²) in [5.74, 6) is 1.20. The predicted molar refractivity (Wildman–Crippen MR) is 138 cm³/mol. The Bertz CT molecular complexity index is 611. The van der Waals surface area contributed by atoms with E-state index < -0.39 is 0 Å². The number of aliphatic imine (C=N–C) groups is 1. The van der Waals surface area contributed by atoms with Gasteiger partial charge in [0.05, 0.1) is 0 Å². The van der Waals surface area contributed by atoms with E-state index in [-0.39, 0.29) is 24.0 Å². The van der Waals surface area contributed by atoms with Gasteiger partial charge in [-0.3, -0.25) is 9.79 Å². The number of hydrogen-bond donors (Lipinski definition) is 2. The highest BCUT2D eigenvalue weighted by Gasteiger charge is 2.15. The average Bonchev–Trinajstić information content (AvgIpc) is 2.95. The van der Waals surface area contributed by atoms with Crippen LogP contribution in [-0.2, 0) is 4.79 Å². The molecule has 1 fully saturated rings.